The number of benzene rings is 2. The van der Waals surface area contributed by atoms with Gasteiger partial charge in [0.25, 0.3) is 0 Å². The van der Waals surface area contributed by atoms with Crippen LogP contribution < -0.4 is 0 Å². The summed E-state index contributed by atoms with van der Waals surface area (Å²) in [5.74, 6) is 0.124. The largest absolute Gasteiger partial charge is 0.302 e. The van der Waals surface area contributed by atoms with E-state index >= 15 is 0 Å². The molecule has 110 valence electrons. The third kappa shape index (κ3) is 5.27. The zero-order chi connectivity index (χ0) is 15.2. The van der Waals surface area contributed by atoms with Crippen molar-refractivity contribution >= 4 is 33.3 Å². The first-order chi connectivity index (χ1) is 10.0. The minimum atomic E-state index is 0.124. The standard InChI is InChI=1S/C17H17BrClNO/c1-20(12-13-4-2-6-15(18)10-13)9-8-17(21)14-5-3-7-16(19)11-14/h2-7,10-11H,8-9,12H2,1H3. The lowest BCUT2D eigenvalue weighted by atomic mass is 10.1. The molecule has 2 nitrogen and oxygen atoms in total. The Labute approximate surface area is 138 Å². The van der Waals surface area contributed by atoms with Crippen molar-refractivity contribution in [2.75, 3.05) is 13.6 Å². The van der Waals surface area contributed by atoms with Crippen LogP contribution in [-0.4, -0.2) is 24.3 Å². The van der Waals surface area contributed by atoms with Crippen molar-refractivity contribution in [1.82, 2.24) is 4.90 Å². The summed E-state index contributed by atoms with van der Waals surface area (Å²) >= 11 is 9.37. The molecule has 0 N–H and O–H groups in total. The van der Waals surface area contributed by atoms with E-state index in [1.54, 1.807) is 18.2 Å². The number of hydrogen-bond donors (Lipinski definition) is 0. The zero-order valence-corrected chi connectivity index (χ0v) is 14.2. The van der Waals surface area contributed by atoms with E-state index in [9.17, 15) is 4.79 Å². The second-order valence-corrected chi connectivity index (χ2v) is 6.40. The van der Waals surface area contributed by atoms with Crippen molar-refractivity contribution in [2.24, 2.45) is 0 Å². The summed E-state index contributed by atoms with van der Waals surface area (Å²) in [6.07, 6.45) is 0.491. The van der Waals surface area contributed by atoms with E-state index in [0.717, 1.165) is 17.6 Å². The summed E-state index contributed by atoms with van der Waals surface area (Å²) in [5.41, 5.74) is 1.90. The molecule has 0 aromatic heterocycles. The Hall–Kier alpha value is -1.16. The average molecular weight is 367 g/mol. The number of carbonyl (C=O) groups is 1. The molecule has 0 saturated carbocycles. The molecule has 2 aromatic rings. The van der Waals surface area contributed by atoms with E-state index in [1.165, 1.54) is 5.56 Å². The van der Waals surface area contributed by atoms with Crippen LogP contribution in [0.25, 0.3) is 0 Å². The third-order valence-electron chi connectivity index (χ3n) is 3.21. The van der Waals surface area contributed by atoms with Gasteiger partial charge in [-0.2, -0.15) is 0 Å². The molecule has 0 atom stereocenters. The van der Waals surface area contributed by atoms with Crippen molar-refractivity contribution in [3.63, 3.8) is 0 Å². The monoisotopic (exact) mass is 365 g/mol. The van der Waals surface area contributed by atoms with Crippen LogP contribution in [0.15, 0.2) is 53.0 Å². The Morgan fingerprint density at radius 3 is 2.67 bits per heavy atom. The fourth-order valence-corrected chi connectivity index (χ4v) is 2.76. The van der Waals surface area contributed by atoms with Crippen molar-refractivity contribution in [3.05, 3.63) is 69.2 Å². The van der Waals surface area contributed by atoms with E-state index in [0.29, 0.717) is 17.0 Å². The molecule has 4 heteroatoms. The van der Waals surface area contributed by atoms with Crippen molar-refractivity contribution < 1.29 is 4.79 Å². The van der Waals surface area contributed by atoms with Gasteiger partial charge in [-0.05, 0) is 36.9 Å². The van der Waals surface area contributed by atoms with Gasteiger partial charge in [-0.3, -0.25) is 4.79 Å². The summed E-state index contributed by atoms with van der Waals surface area (Å²) in [7, 11) is 2.02. The van der Waals surface area contributed by atoms with Crippen LogP contribution in [-0.2, 0) is 6.54 Å². The van der Waals surface area contributed by atoms with Crippen LogP contribution in [0.5, 0.6) is 0 Å². The predicted octanol–water partition coefficient (Wildman–Crippen LogP) is 4.81. The fourth-order valence-electron chi connectivity index (χ4n) is 2.12. The molecule has 2 rings (SSSR count). The van der Waals surface area contributed by atoms with Crippen LogP contribution >= 0.6 is 27.5 Å². The summed E-state index contributed by atoms with van der Waals surface area (Å²) in [6, 6.07) is 15.3. The van der Waals surface area contributed by atoms with Gasteiger partial charge in [0, 0.05) is 34.6 Å². The lowest BCUT2D eigenvalue weighted by molar-refractivity contribution is 0.0968. The van der Waals surface area contributed by atoms with Gasteiger partial charge in [0.05, 0.1) is 0 Å². The molecule has 0 aliphatic rings. The maximum absolute atomic E-state index is 12.1. The van der Waals surface area contributed by atoms with Gasteiger partial charge in [0.1, 0.15) is 0 Å². The van der Waals surface area contributed by atoms with Crippen molar-refractivity contribution in [2.45, 2.75) is 13.0 Å². The van der Waals surface area contributed by atoms with Crippen molar-refractivity contribution in [1.29, 1.82) is 0 Å². The maximum atomic E-state index is 12.1. The number of rotatable bonds is 6. The van der Waals surface area contributed by atoms with Crippen LogP contribution in [0.3, 0.4) is 0 Å². The summed E-state index contributed by atoms with van der Waals surface area (Å²) < 4.78 is 1.07. The number of Topliss-reactive ketones (excluding diaryl/α,β-unsaturated/α-hetero) is 1. The van der Waals surface area contributed by atoms with Gasteiger partial charge in [0.15, 0.2) is 5.78 Å². The molecule has 0 radical (unpaired) electrons. The first-order valence-electron chi connectivity index (χ1n) is 6.76. The topological polar surface area (TPSA) is 20.3 Å². The molecule has 0 aliphatic carbocycles. The first kappa shape index (κ1) is 16.2. The lowest BCUT2D eigenvalue weighted by Gasteiger charge is -2.16. The number of halogens is 2. The fraction of sp³-hybridized carbons (Fsp3) is 0.235. The lowest BCUT2D eigenvalue weighted by Crippen LogP contribution is -2.21. The van der Waals surface area contributed by atoms with E-state index in [4.69, 9.17) is 11.6 Å². The minimum Gasteiger partial charge on any atom is -0.302 e. The van der Waals surface area contributed by atoms with Gasteiger partial charge in [0.2, 0.25) is 0 Å². The highest BCUT2D eigenvalue weighted by atomic mass is 79.9. The average Bonchev–Trinajstić information content (AvgIpc) is 2.45. The molecular weight excluding hydrogens is 350 g/mol. The quantitative estimate of drug-likeness (QED) is 0.684. The van der Waals surface area contributed by atoms with Gasteiger partial charge >= 0.3 is 0 Å². The number of ketones is 1. The molecule has 0 amide bonds. The Kier molecular flexibility index (Phi) is 5.97. The summed E-state index contributed by atoms with van der Waals surface area (Å²) in [6.45, 7) is 1.54. The van der Waals surface area contributed by atoms with Crippen LogP contribution in [0.2, 0.25) is 5.02 Å². The van der Waals surface area contributed by atoms with Gasteiger partial charge < -0.3 is 4.90 Å². The molecule has 0 bridgehead atoms. The van der Waals surface area contributed by atoms with E-state index in [-0.39, 0.29) is 5.78 Å². The van der Waals surface area contributed by atoms with E-state index in [1.807, 2.05) is 25.2 Å². The van der Waals surface area contributed by atoms with Crippen LogP contribution in [0.4, 0.5) is 0 Å². The van der Waals surface area contributed by atoms with Crippen molar-refractivity contribution in [3.8, 4) is 0 Å². The molecule has 0 spiro atoms. The predicted molar refractivity (Wildman–Crippen MR) is 90.9 cm³/mol. The first-order valence-corrected chi connectivity index (χ1v) is 7.93. The minimum absolute atomic E-state index is 0.124. The number of hydrogen-bond acceptors (Lipinski definition) is 2. The highest BCUT2D eigenvalue weighted by Gasteiger charge is 2.08. The molecule has 0 fully saturated rings. The highest BCUT2D eigenvalue weighted by Crippen LogP contribution is 2.14. The highest BCUT2D eigenvalue weighted by molar-refractivity contribution is 9.10. The smallest absolute Gasteiger partial charge is 0.164 e. The Balaban J connectivity index is 1.86. The van der Waals surface area contributed by atoms with E-state index in [2.05, 4.69) is 33.0 Å². The summed E-state index contributed by atoms with van der Waals surface area (Å²) in [5, 5.41) is 0.600. The second kappa shape index (κ2) is 7.74. The summed E-state index contributed by atoms with van der Waals surface area (Å²) in [4.78, 5) is 14.3. The molecule has 2 aromatic carbocycles. The SMILES string of the molecule is CN(CCC(=O)c1cccc(Cl)c1)Cc1cccc(Br)c1. The Morgan fingerprint density at radius 2 is 1.95 bits per heavy atom. The molecule has 0 unspecified atom stereocenters. The number of nitrogens with zero attached hydrogens (tertiary/aromatic N) is 1. The molecule has 21 heavy (non-hydrogen) atoms. The zero-order valence-electron chi connectivity index (χ0n) is 11.9. The van der Waals surface area contributed by atoms with Gasteiger partial charge in [-0.15, -0.1) is 0 Å². The Morgan fingerprint density at radius 1 is 1.19 bits per heavy atom. The second-order valence-electron chi connectivity index (χ2n) is 5.05. The number of carbonyl (C=O) groups excluding carboxylic acids is 1. The van der Waals surface area contributed by atoms with Gasteiger partial charge in [-0.1, -0.05) is 51.8 Å². The van der Waals surface area contributed by atoms with Crippen LogP contribution in [0, 0.1) is 0 Å². The Bertz CT molecular complexity index is 630. The van der Waals surface area contributed by atoms with Crippen LogP contribution in [0.1, 0.15) is 22.3 Å². The third-order valence-corrected chi connectivity index (χ3v) is 3.94. The molecule has 0 heterocycles. The van der Waals surface area contributed by atoms with Gasteiger partial charge in [-0.25, -0.2) is 0 Å². The maximum Gasteiger partial charge on any atom is 0.164 e. The molecule has 0 saturated heterocycles. The molecular formula is C17H17BrClNO. The van der Waals surface area contributed by atoms with E-state index < -0.39 is 0 Å². The molecule has 0 aliphatic heterocycles. The normalized spacial score (nSPS) is 10.9.